The van der Waals surface area contributed by atoms with Crippen molar-refractivity contribution in [2.75, 3.05) is 25.3 Å². The normalized spacial score (nSPS) is 10.4. The van der Waals surface area contributed by atoms with Gasteiger partial charge in [-0.05, 0) is 54.6 Å². The Kier molecular flexibility index (Phi) is 7.38. The van der Waals surface area contributed by atoms with Crippen LogP contribution in [0.5, 0.6) is 11.5 Å². The summed E-state index contributed by atoms with van der Waals surface area (Å²) in [6.45, 7) is 0. The highest BCUT2D eigenvalue weighted by Crippen LogP contribution is 2.28. The Balaban J connectivity index is 1.60. The summed E-state index contributed by atoms with van der Waals surface area (Å²) in [5.41, 5.74) is 1.62. The molecule has 0 unspecified atom stereocenters. The first-order chi connectivity index (χ1) is 14.5. The number of methoxy groups -OCH3 is 2. The molecule has 3 rings (SSSR count). The lowest BCUT2D eigenvalue weighted by molar-refractivity contribution is 0.101. The van der Waals surface area contributed by atoms with E-state index in [1.54, 1.807) is 61.7 Å². The van der Waals surface area contributed by atoms with Crippen LogP contribution in [-0.4, -0.2) is 31.7 Å². The zero-order chi connectivity index (χ0) is 21.5. The number of hydrogen-bond donors (Lipinski definition) is 1. The molecule has 0 fully saturated rings. The van der Waals surface area contributed by atoms with E-state index in [9.17, 15) is 9.59 Å². The van der Waals surface area contributed by atoms with Crippen LogP contribution in [-0.2, 0) is 0 Å². The van der Waals surface area contributed by atoms with E-state index in [4.69, 9.17) is 21.1 Å². The molecule has 1 N–H and O–H groups in total. The van der Waals surface area contributed by atoms with Gasteiger partial charge in [-0.1, -0.05) is 23.7 Å². The van der Waals surface area contributed by atoms with Gasteiger partial charge in [-0.25, -0.2) is 0 Å². The van der Waals surface area contributed by atoms with Gasteiger partial charge in [-0.2, -0.15) is 0 Å². The summed E-state index contributed by atoms with van der Waals surface area (Å²) in [4.78, 5) is 25.7. The maximum Gasteiger partial charge on any atom is 0.255 e. The Bertz CT molecular complexity index is 1050. The molecule has 0 radical (unpaired) electrons. The Morgan fingerprint density at radius 1 is 0.933 bits per heavy atom. The van der Waals surface area contributed by atoms with Gasteiger partial charge in [-0.3, -0.25) is 9.59 Å². The van der Waals surface area contributed by atoms with Crippen molar-refractivity contribution in [3.05, 3.63) is 82.9 Å². The fourth-order valence-corrected chi connectivity index (χ4v) is 3.75. The number of hydrogen-bond acceptors (Lipinski definition) is 5. The molecular weight excluding hydrogens is 422 g/mol. The third kappa shape index (κ3) is 5.34. The summed E-state index contributed by atoms with van der Waals surface area (Å²) in [6.07, 6.45) is 0. The lowest BCUT2D eigenvalue weighted by Crippen LogP contribution is -2.12. The van der Waals surface area contributed by atoms with Gasteiger partial charge in [0.1, 0.15) is 0 Å². The second-order valence-electron chi connectivity index (χ2n) is 6.24. The molecule has 3 aromatic rings. The largest absolute Gasteiger partial charge is 0.493 e. The maximum absolute atomic E-state index is 12.5. The Morgan fingerprint density at radius 3 is 2.30 bits per heavy atom. The first kappa shape index (κ1) is 21.7. The number of nitrogens with one attached hydrogen (secondary N) is 1. The minimum atomic E-state index is -0.259. The van der Waals surface area contributed by atoms with Crippen LogP contribution in [0.3, 0.4) is 0 Å². The summed E-state index contributed by atoms with van der Waals surface area (Å²) in [7, 11) is 3.06. The monoisotopic (exact) mass is 441 g/mol. The van der Waals surface area contributed by atoms with E-state index in [0.29, 0.717) is 33.3 Å². The van der Waals surface area contributed by atoms with Gasteiger partial charge in [0.05, 0.1) is 25.0 Å². The Labute approximate surface area is 184 Å². The second-order valence-corrected chi connectivity index (χ2v) is 7.70. The molecule has 3 aromatic carbocycles. The van der Waals surface area contributed by atoms with Gasteiger partial charge in [-0.15, -0.1) is 11.8 Å². The number of amides is 1. The van der Waals surface area contributed by atoms with Crippen molar-refractivity contribution in [3.8, 4) is 11.5 Å². The van der Waals surface area contributed by atoms with Crippen LogP contribution in [0.1, 0.15) is 20.7 Å². The number of benzene rings is 3. The van der Waals surface area contributed by atoms with Crippen molar-refractivity contribution in [2.24, 2.45) is 0 Å². The zero-order valence-corrected chi connectivity index (χ0v) is 18.0. The fourth-order valence-electron chi connectivity index (χ4n) is 2.73. The number of Topliss-reactive ketones (excluding diaryl/α,β-unsaturated/α-hetero) is 1. The Morgan fingerprint density at radius 2 is 1.63 bits per heavy atom. The highest BCUT2D eigenvalue weighted by atomic mass is 35.5. The van der Waals surface area contributed by atoms with Gasteiger partial charge in [0.25, 0.3) is 5.91 Å². The molecule has 0 heterocycles. The summed E-state index contributed by atoms with van der Waals surface area (Å²) in [6, 6.07) is 19.3. The summed E-state index contributed by atoms with van der Waals surface area (Å²) < 4.78 is 10.4. The van der Waals surface area contributed by atoms with E-state index in [1.165, 1.54) is 18.9 Å². The van der Waals surface area contributed by atoms with E-state index < -0.39 is 0 Å². The van der Waals surface area contributed by atoms with Crippen LogP contribution >= 0.6 is 23.4 Å². The van der Waals surface area contributed by atoms with Gasteiger partial charge in [0, 0.05) is 21.7 Å². The molecular formula is C23H20ClNO4S. The van der Waals surface area contributed by atoms with E-state index >= 15 is 0 Å². The molecule has 0 bridgehead atoms. The molecule has 0 saturated carbocycles. The standard InChI is InChI=1S/C23H20ClNO4S/c1-28-21-12-7-15(13-22(21)29-2)23(27)25-16-8-10-17(11-9-16)30-14-20(26)18-5-3-4-6-19(18)24/h3-13H,14H2,1-2H3,(H,25,27). The average Bonchev–Trinajstić information content (AvgIpc) is 2.78. The van der Waals surface area contributed by atoms with Crippen LogP contribution in [0.25, 0.3) is 0 Å². The molecule has 0 aromatic heterocycles. The highest BCUT2D eigenvalue weighted by molar-refractivity contribution is 8.00. The van der Waals surface area contributed by atoms with Crippen LogP contribution < -0.4 is 14.8 Å². The van der Waals surface area contributed by atoms with Crippen molar-refractivity contribution in [1.29, 1.82) is 0 Å². The van der Waals surface area contributed by atoms with Gasteiger partial charge < -0.3 is 14.8 Å². The second kappa shape index (κ2) is 10.2. The molecule has 0 atom stereocenters. The molecule has 7 heteroatoms. The van der Waals surface area contributed by atoms with Crippen LogP contribution in [0.2, 0.25) is 5.02 Å². The smallest absolute Gasteiger partial charge is 0.255 e. The van der Waals surface area contributed by atoms with E-state index in [1.807, 2.05) is 12.1 Å². The minimum Gasteiger partial charge on any atom is -0.493 e. The predicted octanol–water partition coefficient (Wildman–Crippen LogP) is 5.58. The average molecular weight is 442 g/mol. The SMILES string of the molecule is COc1ccc(C(=O)Nc2ccc(SCC(=O)c3ccccc3Cl)cc2)cc1OC. The summed E-state index contributed by atoms with van der Waals surface area (Å²) in [5, 5.41) is 3.30. The van der Waals surface area contributed by atoms with Crippen LogP contribution in [0.4, 0.5) is 5.69 Å². The molecule has 1 amide bonds. The predicted molar refractivity (Wildman–Crippen MR) is 120 cm³/mol. The molecule has 154 valence electrons. The Hall–Kier alpha value is -2.96. The number of ether oxygens (including phenoxy) is 2. The topological polar surface area (TPSA) is 64.6 Å². The molecule has 5 nitrogen and oxygen atoms in total. The number of rotatable bonds is 8. The van der Waals surface area contributed by atoms with Crippen molar-refractivity contribution in [1.82, 2.24) is 0 Å². The first-order valence-corrected chi connectivity index (χ1v) is 10.4. The van der Waals surface area contributed by atoms with E-state index in [2.05, 4.69) is 5.32 Å². The van der Waals surface area contributed by atoms with Crippen molar-refractivity contribution < 1.29 is 19.1 Å². The van der Waals surface area contributed by atoms with Crippen molar-refractivity contribution >= 4 is 40.7 Å². The lowest BCUT2D eigenvalue weighted by atomic mass is 10.1. The third-order valence-electron chi connectivity index (χ3n) is 4.30. The number of thioether (sulfide) groups is 1. The molecule has 0 aliphatic rings. The molecule has 0 aliphatic carbocycles. The van der Waals surface area contributed by atoms with Gasteiger partial charge in [0.2, 0.25) is 0 Å². The summed E-state index contributed by atoms with van der Waals surface area (Å²) in [5.74, 6) is 1.03. The first-order valence-electron chi connectivity index (χ1n) is 9.06. The number of anilines is 1. The number of carbonyl (C=O) groups is 2. The molecule has 30 heavy (non-hydrogen) atoms. The number of ketones is 1. The summed E-state index contributed by atoms with van der Waals surface area (Å²) >= 11 is 7.49. The lowest BCUT2D eigenvalue weighted by Gasteiger charge is -2.10. The highest BCUT2D eigenvalue weighted by Gasteiger charge is 2.12. The fraction of sp³-hybridized carbons (Fsp3) is 0.130. The van der Waals surface area contributed by atoms with Crippen LogP contribution in [0, 0.1) is 0 Å². The quantitative estimate of drug-likeness (QED) is 0.365. The molecule has 0 saturated heterocycles. The van der Waals surface area contributed by atoms with Crippen LogP contribution in [0.15, 0.2) is 71.6 Å². The van der Waals surface area contributed by atoms with Crippen molar-refractivity contribution in [2.45, 2.75) is 4.90 Å². The number of carbonyl (C=O) groups excluding carboxylic acids is 2. The number of halogens is 1. The van der Waals surface area contributed by atoms with E-state index in [-0.39, 0.29) is 17.4 Å². The molecule has 0 aliphatic heterocycles. The van der Waals surface area contributed by atoms with Gasteiger partial charge in [0.15, 0.2) is 17.3 Å². The third-order valence-corrected chi connectivity index (χ3v) is 5.64. The minimum absolute atomic E-state index is 0.0311. The van der Waals surface area contributed by atoms with Gasteiger partial charge >= 0.3 is 0 Å². The van der Waals surface area contributed by atoms with Crippen molar-refractivity contribution in [3.63, 3.8) is 0 Å². The molecule has 0 spiro atoms. The zero-order valence-electron chi connectivity index (χ0n) is 16.5. The van der Waals surface area contributed by atoms with E-state index in [0.717, 1.165) is 4.90 Å². The maximum atomic E-state index is 12.5.